The number of aromatic nitrogens is 3. The second-order valence-corrected chi connectivity index (χ2v) is 4.61. The number of carboxylic acid groups (broad SMARTS) is 1. The third-order valence-corrected chi connectivity index (χ3v) is 3.37. The molecule has 0 unspecified atom stereocenters. The number of hydrogen-bond acceptors (Lipinski definition) is 4. The minimum absolute atomic E-state index is 0.111. The largest absolute Gasteiger partial charge is 0.480 e. The maximum absolute atomic E-state index is 11.9. The molecule has 1 fully saturated rings. The topological polar surface area (TPSA) is 108 Å². The average Bonchev–Trinajstić information content (AvgIpc) is 2.77. The number of carboxylic acids is 1. The Balaban J connectivity index is 2.15. The molecule has 0 saturated heterocycles. The number of carbonyl (C=O) groups is 2. The third-order valence-electron chi connectivity index (χ3n) is 3.37. The maximum atomic E-state index is 11.9. The number of aliphatic carboxylic acids is 1. The van der Waals surface area contributed by atoms with E-state index in [9.17, 15) is 14.7 Å². The zero-order chi connectivity index (χ0) is 13.0. The molecule has 18 heavy (non-hydrogen) atoms. The van der Waals surface area contributed by atoms with Crippen molar-refractivity contribution in [2.45, 2.75) is 44.1 Å². The van der Waals surface area contributed by atoms with Crippen LogP contribution in [-0.4, -0.2) is 37.9 Å². The van der Waals surface area contributed by atoms with E-state index in [2.05, 4.69) is 20.7 Å². The summed E-state index contributed by atoms with van der Waals surface area (Å²) in [6.45, 7) is 0. The zero-order valence-electron chi connectivity index (χ0n) is 9.98. The lowest BCUT2D eigenvalue weighted by Crippen LogP contribution is -2.54. The summed E-state index contributed by atoms with van der Waals surface area (Å²) in [6, 6.07) is 0. The van der Waals surface area contributed by atoms with Gasteiger partial charge >= 0.3 is 5.97 Å². The van der Waals surface area contributed by atoms with Gasteiger partial charge in [-0.25, -0.2) is 4.79 Å². The molecule has 0 bridgehead atoms. The van der Waals surface area contributed by atoms with E-state index >= 15 is 0 Å². The molecule has 1 saturated carbocycles. The summed E-state index contributed by atoms with van der Waals surface area (Å²) >= 11 is 0. The average molecular weight is 252 g/mol. The van der Waals surface area contributed by atoms with Gasteiger partial charge in [0, 0.05) is 0 Å². The molecule has 0 spiro atoms. The van der Waals surface area contributed by atoms with Gasteiger partial charge in [0.1, 0.15) is 5.54 Å². The summed E-state index contributed by atoms with van der Waals surface area (Å²) in [4.78, 5) is 23.4. The van der Waals surface area contributed by atoms with Crippen molar-refractivity contribution in [2.75, 3.05) is 0 Å². The lowest BCUT2D eigenvalue weighted by molar-refractivity contribution is -0.145. The first-order valence-electron chi connectivity index (χ1n) is 6.06. The van der Waals surface area contributed by atoms with Crippen molar-refractivity contribution in [2.24, 2.45) is 0 Å². The van der Waals surface area contributed by atoms with Gasteiger partial charge in [0.2, 0.25) is 0 Å². The first-order valence-corrected chi connectivity index (χ1v) is 6.06. The van der Waals surface area contributed by atoms with Crippen LogP contribution in [0.3, 0.4) is 0 Å². The van der Waals surface area contributed by atoms with Crippen LogP contribution in [0.25, 0.3) is 0 Å². The van der Waals surface area contributed by atoms with Crippen molar-refractivity contribution in [3.8, 4) is 0 Å². The fourth-order valence-electron chi connectivity index (χ4n) is 2.32. The Morgan fingerprint density at radius 2 is 1.94 bits per heavy atom. The van der Waals surface area contributed by atoms with Gasteiger partial charge in [-0.05, 0) is 12.8 Å². The van der Waals surface area contributed by atoms with E-state index in [1.54, 1.807) is 0 Å². The zero-order valence-corrected chi connectivity index (χ0v) is 9.98. The van der Waals surface area contributed by atoms with E-state index in [1.165, 1.54) is 6.20 Å². The number of rotatable bonds is 3. The molecule has 1 aliphatic rings. The van der Waals surface area contributed by atoms with Crippen molar-refractivity contribution >= 4 is 11.9 Å². The summed E-state index contributed by atoms with van der Waals surface area (Å²) in [5, 5.41) is 21.5. The molecule has 98 valence electrons. The van der Waals surface area contributed by atoms with Crippen LogP contribution >= 0.6 is 0 Å². The molecule has 7 nitrogen and oxygen atoms in total. The van der Waals surface area contributed by atoms with E-state index in [-0.39, 0.29) is 5.69 Å². The minimum atomic E-state index is -1.16. The molecule has 1 aromatic heterocycles. The third kappa shape index (κ3) is 2.49. The number of nitrogens with one attached hydrogen (secondary N) is 2. The summed E-state index contributed by atoms with van der Waals surface area (Å²) in [6.07, 6.45) is 5.85. The normalized spacial score (nSPS) is 18.9. The van der Waals surface area contributed by atoms with E-state index in [0.29, 0.717) is 12.8 Å². The van der Waals surface area contributed by atoms with Gasteiger partial charge in [-0.1, -0.05) is 25.7 Å². The van der Waals surface area contributed by atoms with Crippen molar-refractivity contribution in [3.05, 3.63) is 11.9 Å². The minimum Gasteiger partial charge on any atom is -0.480 e. The second-order valence-electron chi connectivity index (χ2n) is 4.61. The smallest absolute Gasteiger partial charge is 0.329 e. The molecule has 1 amide bonds. The van der Waals surface area contributed by atoms with E-state index in [4.69, 9.17) is 0 Å². The summed E-state index contributed by atoms with van der Waals surface area (Å²) in [5.74, 6) is -1.46. The second kappa shape index (κ2) is 5.16. The molecule has 7 heteroatoms. The highest BCUT2D eigenvalue weighted by molar-refractivity contribution is 5.96. The fraction of sp³-hybridized carbons (Fsp3) is 0.636. The Morgan fingerprint density at radius 1 is 1.28 bits per heavy atom. The Hall–Kier alpha value is -1.92. The van der Waals surface area contributed by atoms with Crippen molar-refractivity contribution < 1.29 is 14.7 Å². The summed E-state index contributed by atoms with van der Waals surface area (Å²) in [5.41, 5.74) is -1.05. The van der Waals surface area contributed by atoms with Crippen LogP contribution in [0.2, 0.25) is 0 Å². The number of H-pyrrole nitrogens is 1. The molecule has 3 N–H and O–H groups in total. The molecule has 0 atom stereocenters. The first-order chi connectivity index (χ1) is 8.64. The molecule has 1 heterocycles. The van der Waals surface area contributed by atoms with E-state index < -0.39 is 17.4 Å². The SMILES string of the molecule is O=C(NC1(C(=O)O)CCCCCC1)c1cn[nH]n1. The number of aromatic amines is 1. The number of amides is 1. The fourth-order valence-corrected chi connectivity index (χ4v) is 2.32. The molecule has 0 aliphatic heterocycles. The van der Waals surface area contributed by atoms with Crippen LogP contribution in [0.15, 0.2) is 6.20 Å². The van der Waals surface area contributed by atoms with Crippen LogP contribution in [-0.2, 0) is 4.79 Å². The van der Waals surface area contributed by atoms with Gasteiger partial charge in [-0.15, -0.1) is 0 Å². The monoisotopic (exact) mass is 252 g/mol. The van der Waals surface area contributed by atoms with Gasteiger partial charge in [0.15, 0.2) is 5.69 Å². The molecular formula is C11H16N4O3. The molecule has 2 rings (SSSR count). The van der Waals surface area contributed by atoms with E-state index in [0.717, 1.165) is 25.7 Å². The highest BCUT2D eigenvalue weighted by Gasteiger charge is 2.40. The van der Waals surface area contributed by atoms with Crippen LogP contribution in [0.4, 0.5) is 0 Å². The highest BCUT2D eigenvalue weighted by atomic mass is 16.4. The predicted molar refractivity (Wildman–Crippen MR) is 61.9 cm³/mol. The van der Waals surface area contributed by atoms with Crippen molar-refractivity contribution in [1.82, 2.24) is 20.7 Å². The highest BCUT2D eigenvalue weighted by Crippen LogP contribution is 2.27. The summed E-state index contributed by atoms with van der Waals surface area (Å²) < 4.78 is 0. The van der Waals surface area contributed by atoms with E-state index in [1.807, 2.05) is 0 Å². The lowest BCUT2D eigenvalue weighted by Gasteiger charge is -2.28. The van der Waals surface area contributed by atoms with Gasteiger partial charge in [-0.2, -0.15) is 15.4 Å². The molecule has 1 aromatic rings. The summed E-state index contributed by atoms with van der Waals surface area (Å²) in [7, 11) is 0. The number of carbonyl (C=O) groups excluding carboxylic acids is 1. The van der Waals surface area contributed by atoms with Crippen LogP contribution < -0.4 is 5.32 Å². The maximum Gasteiger partial charge on any atom is 0.329 e. The predicted octanol–water partition coefficient (Wildman–Crippen LogP) is 0.712. The molecular weight excluding hydrogens is 236 g/mol. The van der Waals surface area contributed by atoms with Gasteiger partial charge in [0.25, 0.3) is 5.91 Å². The van der Waals surface area contributed by atoms with Gasteiger partial charge in [-0.3, -0.25) is 4.79 Å². The Morgan fingerprint density at radius 3 is 2.44 bits per heavy atom. The Bertz CT molecular complexity index is 422. The standard InChI is InChI=1S/C11H16N4O3/c16-9(8-7-12-15-14-8)13-11(10(17)18)5-3-1-2-4-6-11/h7H,1-6H2,(H,13,16)(H,17,18)(H,12,14,15). The van der Waals surface area contributed by atoms with Crippen LogP contribution in [0.1, 0.15) is 49.0 Å². The lowest BCUT2D eigenvalue weighted by atomic mass is 9.90. The molecule has 1 aliphatic carbocycles. The quantitative estimate of drug-likeness (QED) is 0.687. The van der Waals surface area contributed by atoms with Gasteiger partial charge in [0.05, 0.1) is 6.20 Å². The Labute approximate surface area is 104 Å². The first kappa shape index (κ1) is 12.5. The van der Waals surface area contributed by atoms with Crippen LogP contribution in [0.5, 0.6) is 0 Å². The van der Waals surface area contributed by atoms with Crippen LogP contribution in [0, 0.1) is 0 Å². The van der Waals surface area contributed by atoms with Crippen molar-refractivity contribution in [3.63, 3.8) is 0 Å². The molecule has 0 radical (unpaired) electrons. The number of nitrogens with zero attached hydrogens (tertiary/aromatic N) is 2. The van der Waals surface area contributed by atoms with Gasteiger partial charge < -0.3 is 10.4 Å². The molecule has 0 aromatic carbocycles. The van der Waals surface area contributed by atoms with Crippen molar-refractivity contribution in [1.29, 1.82) is 0 Å². The number of hydrogen-bond donors (Lipinski definition) is 3. The Kier molecular flexibility index (Phi) is 3.59.